The largest absolute Gasteiger partial charge is 0.361 e. The number of aryl methyl sites for hydroxylation is 1. The van der Waals surface area contributed by atoms with Crippen molar-refractivity contribution in [1.82, 2.24) is 15.0 Å². The maximum Gasteiger partial charge on any atom is 0.321 e. The van der Waals surface area contributed by atoms with Gasteiger partial charge in [0, 0.05) is 23.8 Å². The van der Waals surface area contributed by atoms with Gasteiger partial charge in [0.25, 0.3) is 0 Å². The molecule has 2 aromatic heterocycles. The van der Waals surface area contributed by atoms with E-state index in [4.69, 9.17) is 4.52 Å². The monoisotopic (exact) mass is 324 g/mol. The van der Waals surface area contributed by atoms with Gasteiger partial charge in [0.1, 0.15) is 11.5 Å². The van der Waals surface area contributed by atoms with Gasteiger partial charge in [-0.15, -0.1) is 0 Å². The molecule has 0 radical (unpaired) electrons. The Morgan fingerprint density at radius 1 is 1.47 bits per heavy atom. The van der Waals surface area contributed by atoms with Crippen LogP contribution in [0.2, 0.25) is 0 Å². The van der Waals surface area contributed by atoms with E-state index in [2.05, 4.69) is 31.4 Å². The van der Waals surface area contributed by atoms with E-state index in [1.54, 1.807) is 31.6 Å². The summed E-state index contributed by atoms with van der Waals surface area (Å²) in [5.74, 6) is 0.722. The van der Waals surface area contributed by atoms with Gasteiger partial charge in [-0.25, -0.2) is 4.79 Å². The molecular formula is C12H13BrN4O2. The lowest BCUT2D eigenvalue weighted by Crippen LogP contribution is -2.30. The number of halogens is 1. The third-order valence-electron chi connectivity index (χ3n) is 2.38. The minimum atomic E-state index is -0.236. The number of pyridine rings is 1. The van der Waals surface area contributed by atoms with Crippen LogP contribution < -0.4 is 5.32 Å². The van der Waals surface area contributed by atoms with Crippen LogP contribution in [0.25, 0.3) is 0 Å². The number of amides is 2. The van der Waals surface area contributed by atoms with E-state index in [0.29, 0.717) is 17.9 Å². The third-order valence-corrected chi connectivity index (χ3v) is 2.81. The number of nitrogens with one attached hydrogen (secondary N) is 1. The van der Waals surface area contributed by atoms with Crippen molar-refractivity contribution in [3.8, 4) is 0 Å². The minimum absolute atomic E-state index is 0.236. The van der Waals surface area contributed by atoms with Gasteiger partial charge in [-0.3, -0.25) is 4.98 Å². The smallest absolute Gasteiger partial charge is 0.321 e. The van der Waals surface area contributed by atoms with Gasteiger partial charge < -0.3 is 14.7 Å². The maximum absolute atomic E-state index is 11.9. The highest BCUT2D eigenvalue weighted by Crippen LogP contribution is 2.14. The fraction of sp³-hybridized carbons (Fsp3) is 0.250. The molecule has 0 aliphatic rings. The average Bonchev–Trinajstić information content (AvgIpc) is 2.74. The van der Waals surface area contributed by atoms with E-state index in [0.717, 1.165) is 10.2 Å². The molecule has 2 amide bonds. The fourth-order valence-electron chi connectivity index (χ4n) is 1.51. The van der Waals surface area contributed by atoms with Crippen molar-refractivity contribution in [2.24, 2.45) is 0 Å². The van der Waals surface area contributed by atoms with Crippen LogP contribution in [-0.4, -0.2) is 28.1 Å². The molecule has 0 aliphatic heterocycles. The van der Waals surface area contributed by atoms with Crippen LogP contribution in [-0.2, 0) is 6.54 Å². The Kier molecular flexibility index (Phi) is 4.16. The maximum atomic E-state index is 11.9. The number of carbonyl (C=O) groups excluding carboxylic acids is 1. The van der Waals surface area contributed by atoms with Gasteiger partial charge in [0.15, 0.2) is 0 Å². The van der Waals surface area contributed by atoms with Gasteiger partial charge in [0.2, 0.25) is 0 Å². The molecule has 7 heteroatoms. The van der Waals surface area contributed by atoms with E-state index >= 15 is 0 Å². The summed E-state index contributed by atoms with van der Waals surface area (Å²) in [6, 6.07) is 3.34. The van der Waals surface area contributed by atoms with Gasteiger partial charge >= 0.3 is 6.03 Å². The summed E-state index contributed by atoms with van der Waals surface area (Å²) in [5.41, 5.74) is 1.34. The van der Waals surface area contributed by atoms with Gasteiger partial charge in [-0.2, -0.15) is 0 Å². The number of rotatable bonds is 3. The zero-order valence-corrected chi connectivity index (χ0v) is 12.1. The summed E-state index contributed by atoms with van der Waals surface area (Å²) in [4.78, 5) is 17.4. The summed E-state index contributed by atoms with van der Waals surface area (Å²) >= 11 is 3.30. The molecule has 2 aromatic rings. The van der Waals surface area contributed by atoms with Crippen molar-refractivity contribution >= 4 is 27.6 Å². The Hall–Kier alpha value is -1.89. The highest BCUT2D eigenvalue weighted by Gasteiger charge is 2.11. The first kappa shape index (κ1) is 13.5. The lowest BCUT2D eigenvalue weighted by Gasteiger charge is -2.16. The van der Waals surface area contributed by atoms with Gasteiger partial charge in [-0.1, -0.05) is 5.16 Å². The van der Waals surface area contributed by atoms with Crippen molar-refractivity contribution in [2.75, 3.05) is 12.4 Å². The van der Waals surface area contributed by atoms with Gasteiger partial charge in [-0.05, 0) is 28.9 Å². The topological polar surface area (TPSA) is 71.3 Å². The number of carbonyl (C=O) groups is 1. The normalized spacial score (nSPS) is 10.3. The minimum Gasteiger partial charge on any atom is -0.361 e. The molecule has 0 fully saturated rings. The highest BCUT2D eigenvalue weighted by atomic mass is 79.9. The first-order chi connectivity index (χ1) is 9.04. The summed E-state index contributed by atoms with van der Waals surface area (Å²) < 4.78 is 5.76. The molecule has 0 aliphatic carbocycles. The van der Waals surface area contributed by atoms with Crippen LogP contribution in [0.3, 0.4) is 0 Å². The van der Waals surface area contributed by atoms with E-state index < -0.39 is 0 Å². The SMILES string of the molecule is Cc1cc(CN(C)C(=O)Nc2cncc(Br)c2)no1. The van der Waals surface area contributed by atoms with E-state index in [1.165, 1.54) is 4.90 Å². The van der Waals surface area contributed by atoms with E-state index in [1.807, 2.05) is 6.92 Å². The fourth-order valence-corrected chi connectivity index (χ4v) is 1.87. The lowest BCUT2D eigenvalue weighted by atomic mass is 10.3. The first-order valence-corrected chi connectivity index (χ1v) is 6.39. The molecule has 1 N–H and O–H groups in total. The number of urea groups is 1. The van der Waals surface area contributed by atoms with Crippen LogP contribution in [0.15, 0.2) is 33.5 Å². The molecule has 19 heavy (non-hydrogen) atoms. The summed E-state index contributed by atoms with van der Waals surface area (Å²) in [7, 11) is 1.69. The van der Waals surface area contributed by atoms with Crippen molar-refractivity contribution in [2.45, 2.75) is 13.5 Å². The standard InChI is InChI=1S/C12H13BrN4O2/c1-8-3-11(16-19-8)7-17(2)12(18)15-10-4-9(13)5-14-6-10/h3-6H,7H2,1-2H3,(H,15,18). The summed E-state index contributed by atoms with van der Waals surface area (Å²) in [6.45, 7) is 2.19. The second kappa shape index (κ2) is 5.83. The molecule has 0 atom stereocenters. The van der Waals surface area contributed by atoms with Crippen molar-refractivity contribution < 1.29 is 9.32 Å². The highest BCUT2D eigenvalue weighted by molar-refractivity contribution is 9.10. The summed E-state index contributed by atoms with van der Waals surface area (Å²) in [6.07, 6.45) is 3.23. The molecular weight excluding hydrogens is 312 g/mol. The number of hydrogen-bond acceptors (Lipinski definition) is 4. The second-order valence-electron chi connectivity index (χ2n) is 4.11. The quantitative estimate of drug-likeness (QED) is 0.942. The number of nitrogens with zero attached hydrogens (tertiary/aromatic N) is 3. The Labute approximate surface area is 118 Å². The van der Waals surface area contributed by atoms with E-state index in [-0.39, 0.29) is 6.03 Å². The molecule has 2 rings (SSSR count). The van der Waals surface area contributed by atoms with Crippen LogP contribution in [0.1, 0.15) is 11.5 Å². The first-order valence-electron chi connectivity index (χ1n) is 5.59. The number of anilines is 1. The third kappa shape index (κ3) is 3.78. The predicted molar refractivity (Wildman–Crippen MR) is 73.7 cm³/mol. The zero-order valence-electron chi connectivity index (χ0n) is 10.6. The van der Waals surface area contributed by atoms with Crippen molar-refractivity contribution in [3.05, 3.63) is 40.5 Å². The van der Waals surface area contributed by atoms with Crippen molar-refractivity contribution in [1.29, 1.82) is 0 Å². The predicted octanol–water partition coefficient (Wildman–Crippen LogP) is 2.80. The molecule has 2 heterocycles. The Balaban J connectivity index is 1.96. The molecule has 0 unspecified atom stereocenters. The van der Waals surface area contributed by atoms with Crippen LogP contribution in [0.4, 0.5) is 10.5 Å². The molecule has 0 bridgehead atoms. The average molecular weight is 325 g/mol. The molecule has 6 nitrogen and oxygen atoms in total. The number of aromatic nitrogens is 2. The molecule has 0 saturated carbocycles. The number of hydrogen-bond donors (Lipinski definition) is 1. The molecule has 0 spiro atoms. The molecule has 0 aromatic carbocycles. The lowest BCUT2D eigenvalue weighted by molar-refractivity contribution is 0.219. The van der Waals surface area contributed by atoms with Crippen LogP contribution in [0, 0.1) is 6.92 Å². The van der Waals surface area contributed by atoms with Crippen LogP contribution >= 0.6 is 15.9 Å². The molecule has 100 valence electrons. The Bertz CT molecular complexity index is 585. The zero-order chi connectivity index (χ0) is 13.8. The van der Waals surface area contributed by atoms with Gasteiger partial charge in [0.05, 0.1) is 18.4 Å². The molecule has 0 saturated heterocycles. The van der Waals surface area contributed by atoms with E-state index in [9.17, 15) is 4.79 Å². The second-order valence-corrected chi connectivity index (χ2v) is 5.02. The summed E-state index contributed by atoms with van der Waals surface area (Å²) in [5, 5.41) is 6.59. The Morgan fingerprint density at radius 2 is 2.26 bits per heavy atom. The van der Waals surface area contributed by atoms with Crippen LogP contribution in [0.5, 0.6) is 0 Å². The van der Waals surface area contributed by atoms with Crippen molar-refractivity contribution in [3.63, 3.8) is 0 Å². The Morgan fingerprint density at radius 3 is 2.89 bits per heavy atom.